The molecule has 0 unspecified atom stereocenters. The zero-order chi connectivity index (χ0) is 10.4. The highest BCUT2D eigenvalue weighted by Gasteiger charge is 2.08. The average molecular weight is 197 g/mol. The van der Waals surface area contributed by atoms with Crippen LogP contribution >= 0.6 is 0 Å². The minimum absolute atomic E-state index is 0.339. The van der Waals surface area contributed by atoms with Gasteiger partial charge in [0.1, 0.15) is 5.82 Å². The minimum Gasteiger partial charge on any atom is -0.474 e. The topological polar surface area (TPSA) is 95.1 Å². The molecule has 76 valence electrons. The molecule has 1 aromatic heterocycles. The molecular weight excluding hydrogens is 186 g/mol. The van der Waals surface area contributed by atoms with Gasteiger partial charge in [0, 0.05) is 25.4 Å². The number of H-pyrrole nitrogens is 1. The number of imidazole rings is 1. The number of aryl methyl sites for hydroxylation is 1. The lowest BCUT2D eigenvalue weighted by molar-refractivity contribution is -0.150. The second kappa shape index (κ2) is 5.00. The van der Waals surface area contributed by atoms with Crippen LogP contribution in [-0.4, -0.2) is 33.5 Å². The first-order valence-corrected chi connectivity index (χ1v) is 4.19. The highest BCUT2D eigenvalue weighted by atomic mass is 16.4. The van der Waals surface area contributed by atoms with E-state index in [-0.39, 0.29) is 0 Å². The van der Waals surface area contributed by atoms with Crippen LogP contribution in [0.1, 0.15) is 12.2 Å². The van der Waals surface area contributed by atoms with Crippen LogP contribution in [-0.2, 0) is 16.0 Å². The standard InChI is InChI=1S/C8H11N3O3/c12-7(8(13)14)11-3-1-2-6-9-4-5-10-6/h4-5H,1-3H2,(H,9,10)(H,11,12)(H,13,14). The molecule has 0 aliphatic rings. The maximum Gasteiger partial charge on any atom is 0.394 e. The Kier molecular flexibility index (Phi) is 3.66. The summed E-state index contributed by atoms with van der Waals surface area (Å²) in [5, 5.41) is 10.5. The molecule has 6 nitrogen and oxygen atoms in total. The second-order valence-electron chi connectivity index (χ2n) is 2.70. The van der Waals surface area contributed by atoms with Gasteiger partial charge in [-0.1, -0.05) is 0 Å². The Hall–Kier alpha value is -1.85. The number of amides is 1. The van der Waals surface area contributed by atoms with Gasteiger partial charge in [-0.2, -0.15) is 0 Å². The van der Waals surface area contributed by atoms with E-state index in [1.54, 1.807) is 12.4 Å². The summed E-state index contributed by atoms with van der Waals surface area (Å²) < 4.78 is 0. The Labute approximate surface area is 80.4 Å². The lowest BCUT2D eigenvalue weighted by Gasteiger charge is -1.99. The highest BCUT2D eigenvalue weighted by Crippen LogP contribution is 1.92. The van der Waals surface area contributed by atoms with Gasteiger partial charge in [0.15, 0.2) is 0 Å². The van der Waals surface area contributed by atoms with Crippen molar-refractivity contribution in [1.82, 2.24) is 15.3 Å². The molecule has 14 heavy (non-hydrogen) atoms. The summed E-state index contributed by atoms with van der Waals surface area (Å²) in [6.07, 6.45) is 4.70. The summed E-state index contributed by atoms with van der Waals surface area (Å²) in [6.45, 7) is 0.339. The van der Waals surface area contributed by atoms with Crippen LogP contribution in [0, 0.1) is 0 Å². The fourth-order valence-electron chi connectivity index (χ4n) is 0.968. The zero-order valence-corrected chi connectivity index (χ0v) is 7.49. The van der Waals surface area contributed by atoms with Crippen LogP contribution in [0.3, 0.4) is 0 Å². The van der Waals surface area contributed by atoms with E-state index in [1.807, 2.05) is 0 Å². The second-order valence-corrected chi connectivity index (χ2v) is 2.70. The number of carbonyl (C=O) groups excluding carboxylic acids is 1. The SMILES string of the molecule is O=C(O)C(=O)NCCCc1ncc[nH]1. The van der Waals surface area contributed by atoms with E-state index in [0.29, 0.717) is 19.4 Å². The van der Waals surface area contributed by atoms with E-state index in [9.17, 15) is 9.59 Å². The Morgan fingerprint density at radius 1 is 1.57 bits per heavy atom. The number of hydrogen-bond donors (Lipinski definition) is 3. The molecule has 1 aromatic rings. The molecule has 1 amide bonds. The monoisotopic (exact) mass is 197 g/mol. The normalized spacial score (nSPS) is 9.71. The van der Waals surface area contributed by atoms with Crippen molar-refractivity contribution < 1.29 is 14.7 Å². The number of carbonyl (C=O) groups is 2. The number of rotatable bonds is 4. The van der Waals surface area contributed by atoms with E-state index >= 15 is 0 Å². The van der Waals surface area contributed by atoms with Gasteiger partial charge in [0.25, 0.3) is 0 Å². The molecule has 0 saturated heterocycles. The van der Waals surface area contributed by atoms with Gasteiger partial charge in [-0.25, -0.2) is 9.78 Å². The van der Waals surface area contributed by atoms with Crippen LogP contribution < -0.4 is 5.32 Å². The summed E-state index contributed by atoms with van der Waals surface area (Å²) in [5.74, 6) is -1.60. The Bertz CT molecular complexity index is 308. The zero-order valence-electron chi connectivity index (χ0n) is 7.49. The predicted octanol–water partition coefficient (Wildman–Crippen LogP) is -0.457. The first-order chi connectivity index (χ1) is 6.70. The van der Waals surface area contributed by atoms with Crippen LogP contribution in [0.15, 0.2) is 12.4 Å². The number of nitrogens with zero attached hydrogens (tertiary/aromatic N) is 1. The van der Waals surface area contributed by atoms with E-state index in [1.165, 1.54) is 0 Å². The molecule has 0 radical (unpaired) electrons. The molecule has 0 aromatic carbocycles. The van der Waals surface area contributed by atoms with Gasteiger partial charge in [-0.15, -0.1) is 0 Å². The largest absolute Gasteiger partial charge is 0.474 e. The fourth-order valence-corrected chi connectivity index (χ4v) is 0.968. The number of carboxylic acid groups (broad SMARTS) is 1. The Morgan fingerprint density at radius 3 is 2.93 bits per heavy atom. The molecule has 0 atom stereocenters. The quantitative estimate of drug-likeness (QED) is 0.449. The van der Waals surface area contributed by atoms with Crippen molar-refractivity contribution in [3.63, 3.8) is 0 Å². The number of nitrogens with one attached hydrogen (secondary N) is 2. The number of aromatic nitrogens is 2. The first kappa shape index (κ1) is 10.2. The summed E-state index contributed by atoms with van der Waals surface area (Å²) >= 11 is 0. The van der Waals surface area contributed by atoms with Crippen LogP contribution in [0.2, 0.25) is 0 Å². The third kappa shape index (κ3) is 3.26. The molecule has 0 saturated carbocycles. The van der Waals surface area contributed by atoms with Crippen molar-refractivity contribution in [2.24, 2.45) is 0 Å². The van der Waals surface area contributed by atoms with E-state index in [4.69, 9.17) is 5.11 Å². The predicted molar refractivity (Wildman–Crippen MR) is 47.6 cm³/mol. The van der Waals surface area contributed by atoms with Crippen molar-refractivity contribution >= 4 is 11.9 Å². The molecule has 0 aliphatic heterocycles. The van der Waals surface area contributed by atoms with Gasteiger partial charge >= 0.3 is 11.9 Å². The molecular formula is C8H11N3O3. The molecule has 6 heteroatoms. The number of aromatic amines is 1. The third-order valence-corrected chi connectivity index (χ3v) is 1.63. The highest BCUT2D eigenvalue weighted by molar-refractivity contribution is 6.31. The van der Waals surface area contributed by atoms with Crippen LogP contribution in [0.4, 0.5) is 0 Å². The first-order valence-electron chi connectivity index (χ1n) is 4.19. The Morgan fingerprint density at radius 2 is 2.36 bits per heavy atom. The summed E-state index contributed by atoms with van der Waals surface area (Å²) in [6, 6.07) is 0. The van der Waals surface area contributed by atoms with E-state index in [0.717, 1.165) is 5.82 Å². The van der Waals surface area contributed by atoms with Gasteiger partial charge in [0.2, 0.25) is 0 Å². The molecule has 0 aliphatic carbocycles. The smallest absolute Gasteiger partial charge is 0.394 e. The molecule has 0 fully saturated rings. The minimum atomic E-state index is -1.46. The van der Waals surface area contributed by atoms with Gasteiger partial charge < -0.3 is 15.4 Å². The molecule has 0 spiro atoms. The maximum absolute atomic E-state index is 10.6. The average Bonchev–Trinajstić information content (AvgIpc) is 2.64. The maximum atomic E-state index is 10.6. The summed E-state index contributed by atoms with van der Waals surface area (Å²) in [7, 11) is 0. The molecule has 0 bridgehead atoms. The third-order valence-electron chi connectivity index (χ3n) is 1.63. The summed E-state index contributed by atoms with van der Waals surface area (Å²) in [5.41, 5.74) is 0. The molecule has 3 N–H and O–H groups in total. The van der Waals surface area contributed by atoms with Crippen molar-refractivity contribution in [3.8, 4) is 0 Å². The number of carboxylic acids is 1. The van der Waals surface area contributed by atoms with Gasteiger partial charge in [-0.05, 0) is 6.42 Å². The molecule has 1 heterocycles. The fraction of sp³-hybridized carbons (Fsp3) is 0.375. The van der Waals surface area contributed by atoms with Crippen molar-refractivity contribution in [2.75, 3.05) is 6.54 Å². The van der Waals surface area contributed by atoms with E-state index < -0.39 is 11.9 Å². The van der Waals surface area contributed by atoms with Gasteiger partial charge in [0.05, 0.1) is 0 Å². The Balaban J connectivity index is 2.11. The van der Waals surface area contributed by atoms with Crippen molar-refractivity contribution in [3.05, 3.63) is 18.2 Å². The summed E-state index contributed by atoms with van der Waals surface area (Å²) in [4.78, 5) is 27.6. The van der Waals surface area contributed by atoms with Crippen molar-refractivity contribution in [1.29, 1.82) is 0 Å². The van der Waals surface area contributed by atoms with Crippen LogP contribution in [0.25, 0.3) is 0 Å². The van der Waals surface area contributed by atoms with Crippen LogP contribution in [0.5, 0.6) is 0 Å². The number of hydrogen-bond acceptors (Lipinski definition) is 3. The molecule has 1 rings (SSSR count). The lowest BCUT2D eigenvalue weighted by atomic mass is 10.3. The number of aliphatic carboxylic acids is 1. The lowest BCUT2D eigenvalue weighted by Crippen LogP contribution is -2.31. The van der Waals surface area contributed by atoms with Crippen molar-refractivity contribution in [2.45, 2.75) is 12.8 Å². The van der Waals surface area contributed by atoms with Gasteiger partial charge in [-0.3, -0.25) is 4.79 Å². The van der Waals surface area contributed by atoms with E-state index in [2.05, 4.69) is 15.3 Å².